The van der Waals surface area contributed by atoms with Crippen molar-refractivity contribution in [2.45, 2.75) is 26.2 Å². The number of alkyl halides is 2. The molecule has 0 aliphatic rings. The molecule has 0 spiro atoms. The lowest BCUT2D eigenvalue weighted by Crippen LogP contribution is -2.39. The first-order chi connectivity index (χ1) is 14.1. The molecule has 162 valence electrons. The van der Waals surface area contributed by atoms with Gasteiger partial charge in [0.1, 0.15) is 12.3 Å². The smallest absolute Gasteiger partial charge is 0.387 e. The van der Waals surface area contributed by atoms with E-state index in [9.17, 15) is 13.9 Å². The van der Waals surface area contributed by atoms with Crippen molar-refractivity contribution < 1.29 is 18.6 Å². The van der Waals surface area contributed by atoms with E-state index in [0.717, 1.165) is 5.65 Å². The quantitative estimate of drug-likeness (QED) is 0.235. The van der Waals surface area contributed by atoms with Gasteiger partial charge in [0.05, 0.1) is 6.10 Å². The van der Waals surface area contributed by atoms with Gasteiger partial charge < -0.3 is 20.5 Å². The zero-order valence-corrected chi connectivity index (χ0v) is 18.5. The number of aliphatic hydroxyl groups excluding tert-OH is 1. The number of hydrogen-bond acceptors (Lipinski definition) is 5. The summed E-state index contributed by atoms with van der Waals surface area (Å²) in [5.74, 6) is 1.24. The zero-order valence-electron chi connectivity index (χ0n) is 16.2. The van der Waals surface area contributed by atoms with E-state index in [2.05, 4.69) is 30.6 Å². The largest absolute Gasteiger partial charge is 0.435 e. The van der Waals surface area contributed by atoms with Crippen LogP contribution in [0.15, 0.2) is 53.7 Å². The Morgan fingerprint density at radius 2 is 1.93 bits per heavy atom. The minimum atomic E-state index is -2.88. The summed E-state index contributed by atoms with van der Waals surface area (Å²) in [5.41, 5.74) is 1.31. The van der Waals surface area contributed by atoms with Gasteiger partial charge in [-0.15, -0.1) is 34.2 Å². The number of fused-ring (bicyclic) bond motifs is 1. The van der Waals surface area contributed by atoms with Crippen LogP contribution in [0, 0.1) is 0 Å². The van der Waals surface area contributed by atoms with Crippen LogP contribution in [0.5, 0.6) is 5.75 Å². The van der Waals surface area contributed by atoms with Crippen LogP contribution in [0.1, 0.15) is 24.4 Å². The first-order valence-electron chi connectivity index (χ1n) is 9.10. The van der Waals surface area contributed by atoms with Gasteiger partial charge in [0.15, 0.2) is 17.4 Å². The molecule has 1 atom stereocenters. The van der Waals surface area contributed by atoms with Crippen molar-refractivity contribution in [3.05, 3.63) is 60.0 Å². The molecule has 0 saturated heterocycles. The van der Waals surface area contributed by atoms with Gasteiger partial charge in [-0.1, -0.05) is 18.2 Å². The summed E-state index contributed by atoms with van der Waals surface area (Å²) < 4.78 is 30.6. The summed E-state index contributed by atoms with van der Waals surface area (Å²) in [7, 11) is 0. The molecule has 0 saturated carbocycles. The van der Waals surface area contributed by atoms with E-state index in [1.807, 2.05) is 35.7 Å². The Hall–Kier alpha value is -2.54. The number of ether oxygens (including phenoxy) is 1. The van der Waals surface area contributed by atoms with Crippen molar-refractivity contribution in [2.24, 2.45) is 4.99 Å². The van der Waals surface area contributed by atoms with Crippen LogP contribution >= 0.6 is 24.0 Å². The monoisotopic (exact) mass is 532 g/mol. The highest BCUT2D eigenvalue weighted by atomic mass is 127. The molecule has 0 fully saturated rings. The fraction of sp³-hybridized carbons (Fsp3) is 0.316. The molecule has 1 unspecified atom stereocenters. The number of guanidine groups is 1. The van der Waals surface area contributed by atoms with Crippen LogP contribution in [0.2, 0.25) is 0 Å². The number of aromatic nitrogens is 3. The Kier molecular flexibility index (Phi) is 9.17. The lowest BCUT2D eigenvalue weighted by Gasteiger charge is -2.16. The van der Waals surface area contributed by atoms with Crippen molar-refractivity contribution in [3.8, 4) is 5.75 Å². The first kappa shape index (κ1) is 23.7. The molecule has 1 aromatic carbocycles. The number of halogens is 3. The molecule has 0 aliphatic heterocycles. The maximum Gasteiger partial charge on any atom is 0.387 e. The predicted molar refractivity (Wildman–Crippen MR) is 119 cm³/mol. The second kappa shape index (κ2) is 11.6. The minimum absolute atomic E-state index is 0. The maximum atomic E-state index is 12.2. The molecular weight excluding hydrogens is 509 g/mol. The zero-order chi connectivity index (χ0) is 20.6. The maximum absolute atomic E-state index is 12.2. The van der Waals surface area contributed by atoms with Gasteiger partial charge in [-0.05, 0) is 36.8 Å². The molecule has 11 heteroatoms. The molecule has 8 nitrogen and oxygen atoms in total. The van der Waals surface area contributed by atoms with Gasteiger partial charge in [0, 0.05) is 19.3 Å². The third kappa shape index (κ3) is 6.49. The van der Waals surface area contributed by atoms with Crippen LogP contribution in [-0.2, 0) is 6.54 Å². The van der Waals surface area contributed by atoms with Crippen LogP contribution in [0.25, 0.3) is 5.65 Å². The Bertz CT molecular complexity index is 952. The van der Waals surface area contributed by atoms with Crippen molar-refractivity contribution in [2.75, 3.05) is 13.1 Å². The second-order valence-electron chi connectivity index (χ2n) is 6.08. The third-order valence-electron chi connectivity index (χ3n) is 4.06. The number of aliphatic imine (C=N–C) groups is 1. The number of nitrogens with one attached hydrogen (secondary N) is 2. The molecule has 3 aromatic rings. The molecule has 0 amide bonds. The summed E-state index contributed by atoms with van der Waals surface area (Å²) in [5, 5.41) is 24.7. The molecule has 0 bridgehead atoms. The van der Waals surface area contributed by atoms with E-state index in [1.54, 1.807) is 0 Å². The van der Waals surface area contributed by atoms with Crippen molar-refractivity contribution in [1.29, 1.82) is 0 Å². The third-order valence-corrected chi connectivity index (χ3v) is 4.06. The van der Waals surface area contributed by atoms with E-state index in [-0.39, 0.29) is 36.3 Å². The summed E-state index contributed by atoms with van der Waals surface area (Å²) >= 11 is 0. The highest BCUT2D eigenvalue weighted by Crippen LogP contribution is 2.19. The van der Waals surface area contributed by atoms with E-state index >= 15 is 0 Å². The van der Waals surface area contributed by atoms with E-state index in [4.69, 9.17) is 0 Å². The van der Waals surface area contributed by atoms with Gasteiger partial charge in [-0.2, -0.15) is 8.78 Å². The number of benzene rings is 1. The Labute approximate surface area is 189 Å². The molecule has 30 heavy (non-hydrogen) atoms. The molecule has 2 heterocycles. The molecule has 3 rings (SSSR count). The average molecular weight is 532 g/mol. The summed E-state index contributed by atoms with van der Waals surface area (Å²) in [6.07, 6.45) is 1.01. The van der Waals surface area contributed by atoms with Crippen LogP contribution in [0.4, 0.5) is 8.78 Å². The Balaban J connectivity index is 0.00000320. The fourth-order valence-corrected chi connectivity index (χ4v) is 2.67. The number of nitrogens with zero attached hydrogens (tertiary/aromatic N) is 4. The number of hydrogen-bond donors (Lipinski definition) is 3. The topological polar surface area (TPSA) is 96.1 Å². The lowest BCUT2D eigenvalue weighted by atomic mass is 10.1. The predicted octanol–water partition coefficient (Wildman–Crippen LogP) is 2.74. The SMILES string of the molecule is CCNC(=NCc1nnc2ccccn12)NCC(O)c1ccc(OC(F)F)cc1.I. The Morgan fingerprint density at radius 3 is 2.63 bits per heavy atom. The Morgan fingerprint density at radius 1 is 1.17 bits per heavy atom. The number of aliphatic hydroxyl groups is 1. The molecule has 0 aliphatic carbocycles. The minimum Gasteiger partial charge on any atom is -0.435 e. The standard InChI is InChI=1S/C19H22F2N6O2.HI/c1-2-22-19(24-12-17-26-25-16-5-3-4-10-27(16)17)23-11-15(28)13-6-8-14(9-7-13)29-18(20)21;/h3-10,15,18,28H,2,11-12H2,1H3,(H2,22,23,24);1H. The highest BCUT2D eigenvalue weighted by Gasteiger charge is 2.11. The lowest BCUT2D eigenvalue weighted by molar-refractivity contribution is -0.0498. The van der Waals surface area contributed by atoms with Gasteiger partial charge in [0.25, 0.3) is 0 Å². The molecular formula is C19H23F2IN6O2. The van der Waals surface area contributed by atoms with Crippen molar-refractivity contribution >= 4 is 35.6 Å². The summed E-state index contributed by atoms with van der Waals surface area (Å²) in [6, 6.07) is 11.5. The second-order valence-corrected chi connectivity index (χ2v) is 6.08. The van der Waals surface area contributed by atoms with E-state index in [1.165, 1.54) is 24.3 Å². The van der Waals surface area contributed by atoms with E-state index in [0.29, 0.717) is 30.4 Å². The van der Waals surface area contributed by atoms with Gasteiger partial charge in [-0.3, -0.25) is 4.40 Å². The highest BCUT2D eigenvalue weighted by molar-refractivity contribution is 14.0. The van der Waals surface area contributed by atoms with Crippen LogP contribution in [0.3, 0.4) is 0 Å². The average Bonchev–Trinajstić information content (AvgIpc) is 3.13. The molecule has 0 radical (unpaired) electrons. The van der Waals surface area contributed by atoms with E-state index < -0.39 is 12.7 Å². The normalized spacial score (nSPS) is 12.5. The number of rotatable bonds is 8. The first-order valence-corrected chi connectivity index (χ1v) is 9.10. The van der Waals surface area contributed by atoms with Crippen molar-refractivity contribution in [1.82, 2.24) is 25.2 Å². The van der Waals surface area contributed by atoms with Gasteiger partial charge in [0.2, 0.25) is 0 Å². The molecule has 3 N–H and O–H groups in total. The van der Waals surface area contributed by atoms with Gasteiger partial charge >= 0.3 is 6.61 Å². The molecule has 2 aromatic heterocycles. The summed E-state index contributed by atoms with van der Waals surface area (Å²) in [4.78, 5) is 4.48. The summed E-state index contributed by atoms with van der Waals surface area (Å²) in [6.45, 7) is 0.176. The number of pyridine rings is 1. The fourth-order valence-electron chi connectivity index (χ4n) is 2.67. The van der Waals surface area contributed by atoms with Crippen LogP contribution in [-0.4, -0.2) is 45.4 Å². The van der Waals surface area contributed by atoms with Crippen LogP contribution < -0.4 is 15.4 Å². The van der Waals surface area contributed by atoms with Gasteiger partial charge in [-0.25, -0.2) is 4.99 Å². The van der Waals surface area contributed by atoms with Crippen molar-refractivity contribution in [3.63, 3.8) is 0 Å².